The summed E-state index contributed by atoms with van der Waals surface area (Å²) in [6, 6.07) is 18.8. The third-order valence-corrected chi connectivity index (χ3v) is 4.91. The average molecular weight is 375 g/mol. The van der Waals surface area contributed by atoms with Gasteiger partial charge in [0, 0.05) is 5.56 Å². The molecule has 2 aromatic rings. The molecule has 0 aliphatic heterocycles. The molecular formula is C23H25N3O2. The molecule has 0 aromatic heterocycles. The van der Waals surface area contributed by atoms with Gasteiger partial charge in [0.05, 0.1) is 6.07 Å². The maximum absolute atomic E-state index is 12.7. The summed E-state index contributed by atoms with van der Waals surface area (Å²) >= 11 is 0. The summed E-state index contributed by atoms with van der Waals surface area (Å²) in [5.74, 6) is -0.349. The Hall–Kier alpha value is -3.13. The zero-order valence-corrected chi connectivity index (χ0v) is 16.2. The van der Waals surface area contributed by atoms with Crippen LogP contribution in [0.4, 0.5) is 0 Å². The largest absolute Gasteiger partial charge is 0.340 e. The van der Waals surface area contributed by atoms with Gasteiger partial charge in [0.1, 0.15) is 11.6 Å². The number of carbonyl (C=O) groups excluding carboxylic acids is 2. The molecule has 1 fully saturated rings. The summed E-state index contributed by atoms with van der Waals surface area (Å²) in [5.41, 5.74) is 1.87. The third-order valence-electron chi connectivity index (χ3n) is 4.91. The lowest BCUT2D eigenvalue weighted by Gasteiger charge is -2.21. The summed E-state index contributed by atoms with van der Waals surface area (Å²) in [5, 5.41) is 14.8. The van der Waals surface area contributed by atoms with Crippen molar-refractivity contribution in [3.05, 3.63) is 60.2 Å². The molecule has 5 nitrogen and oxygen atoms in total. The lowest BCUT2D eigenvalue weighted by molar-refractivity contribution is -0.123. The topological polar surface area (TPSA) is 82.0 Å². The van der Waals surface area contributed by atoms with E-state index in [1.807, 2.05) is 56.3 Å². The first-order valence-corrected chi connectivity index (χ1v) is 9.62. The summed E-state index contributed by atoms with van der Waals surface area (Å²) in [6.07, 6.45) is 1.85. The van der Waals surface area contributed by atoms with Crippen LogP contribution >= 0.6 is 0 Å². The highest BCUT2D eigenvalue weighted by molar-refractivity contribution is 5.98. The second kappa shape index (κ2) is 8.26. The monoisotopic (exact) mass is 375 g/mol. The number of carbonyl (C=O) groups is 2. The van der Waals surface area contributed by atoms with Gasteiger partial charge in [-0.25, -0.2) is 0 Å². The number of amides is 2. The Balaban J connectivity index is 1.69. The Kier molecular flexibility index (Phi) is 5.79. The second-order valence-electron chi connectivity index (χ2n) is 7.78. The Bertz CT molecular complexity index is 878. The molecule has 3 rings (SSSR count). The standard InChI is InChI=1S/C23H25N3O2/c1-16(2)14-20(22(28)26-23(15-24)12-13-23)25-21(27)19-10-8-18(9-11-19)17-6-4-3-5-7-17/h3-11,16,20H,12-14H2,1-2H3,(H,25,27)(H,26,28)/t20-/m0/s1. The molecule has 2 aromatic carbocycles. The van der Waals surface area contributed by atoms with Gasteiger partial charge in [-0.05, 0) is 48.4 Å². The van der Waals surface area contributed by atoms with Crippen LogP contribution in [0, 0.1) is 17.2 Å². The third kappa shape index (κ3) is 4.77. The van der Waals surface area contributed by atoms with E-state index in [1.54, 1.807) is 12.1 Å². The van der Waals surface area contributed by atoms with Crippen molar-refractivity contribution >= 4 is 11.8 Å². The molecule has 0 saturated heterocycles. The van der Waals surface area contributed by atoms with E-state index in [9.17, 15) is 14.9 Å². The molecule has 5 heteroatoms. The minimum Gasteiger partial charge on any atom is -0.340 e. The first kappa shape index (κ1) is 19.6. The fourth-order valence-corrected chi connectivity index (χ4v) is 3.10. The molecule has 0 radical (unpaired) electrons. The van der Waals surface area contributed by atoms with Crippen LogP contribution in [0.1, 0.15) is 43.5 Å². The summed E-state index contributed by atoms with van der Waals surface area (Å²) < 4.78 is 0. The van der Waals surface area contributed by atoms with Gasteiger partial charge in [-0.3, -0.25) is 9.59 Å². The van der Waals surface area contributed by atoms with Crippen molar-refractivity contribution in [1.82, 2.24) is 10.6 Å². The van der Waals surface area contributed by atoms with Gasteiger partial charge in [0.15, 0.2) is 0 Å². The number of nitriles is 1. The maximum Gasteiger partial charge on any atom is 0.251 e. The normalized spacial score (nSPS) is 15.4. The molecule has 0 unspecified atom stereocenters. The number of nitrogens with zero attached hydrogens (tertiary/aromatic N) is 1. The number of hydrogen-bond acceptors (Lipinski definition) is 3. The molecule has 1 aliphatic carbocycles. The van der Waals surface area contributed by atoms with Crippen LogP contribution in [-0.2, 0) is 4.79 Å². The number of benzene rings is 2. The molecule has 2 N–H and O–H groups in total. The van der Waals surface area contributed by atoms with Crippen LogP contribution in [0.5, 0.6) is 0 Å². The fourth-order valence-electron chi connectivity index (χ4n) is 3.10. The molecule has 1 aliphatic rings. The molecule has 28 heavy (non-hydrogen) atoms. The second-order valence-corrected chi connectivity index (χ2v) is 7.78. The Morgan fingerprint density at radius 1 is 1.04 bits per heavy atom. The van der Waals surface area contributed by atoms with Crippen LogP contribution in [0.25, 0.3) is 11.1 Å². The Morgan fingerprint density at radius 3 is 2.18 bits per heavy atom. The smallest absolute Gasteiger partial charge is 0.251 e. The molecule has 0 spiro atoms. The van der Waals surface area contributed by atoms with Crippen molar-refractivity contribution in [3.8, 4) is 17.2 Å². The molecule has 2 amide bonds. The van der Waals surface area contributed by atoms with Crippen molar-refractivity contribution in [2.75, 3.05) is 0 Å². The van der Waals surface area contributed by atoms with Crippen molar-refractivity contribution < 1.29 is 9.59 Å². The molecule has 1 saturated carbocycles. The quantitative estimate of drug-likeness (QED) is 0.775. The first-order chi connectivity index (χ1) is 13.4. The maximum atomic E-state index is 12.7. The van der Waals surface area contributed by atoms with Crippen molar-refractivity contribution in [2.45, 2.75) is 44.7 Å². The van der Waals surface area contributed by atoms with Gasteiger partial charge in [-0.1, -0.05) is 56.3 Å². The van der Waals surface area contributed by atoms with Crippen molar-refractivity contribution in [1.29, 1.82) is 5.26 Å². The summed E-state index contributed by atoms with van der Waals surface area (Å²) in [7, 11) is 0. The van der Waals surface area contributed by atoms with E-state index in [4.69, 9.17) is 0 Å². The summed E-state index contributed by atoms with van der Waals surface area (Å²) in [4.78, 5) is 25.3. The lowest BCUT2D eigenvalue weighted by Crippen LogP contribution is -2.50. The van der Waals surface area contributed by atoms with Gasteiger partial charge >= 0.3 is 0 Å². The minimum absolute atomic E-state index is 0.230. The van der Waals surface area contributed by atoms with Crippen molar-refractivity contribution in [2.24, 2.45) is 5.92 Å². The molecular weight excluding hydrogens is 350 g/mol. The van der Waals surface area contributed by atoms with E-state index in [0.29, 0.717) is 24.8 Å². The van der Waals surface area contributed by atoms with Crippen LogP contribution in [-0.4, -0.2) is 23.4 Å². The van der Waals surface area contributed by atoms with Crippen LogP contribution in [0.3, 0.4) is 0 Å². The predicted octanol–water partition coefficient (Wildman–Crippen LogP) is 3.67. The highest BCUT2D eigenvalue weighted by Crippen LogP contribution is 2.34. The van der Waals surface area contributed by atoms with Gasteiger partial charge in [-0.15, -0.1) is 0 Å². The van der Waals surface area contributed by atoms with Crippen molar-refractivity contribution in [3.63, 3.8) is 0 Å². The van der Waals surface area contributed by atoms with Gasteiger partial charge in [0.2, 0.25) is 5.91 Å². The van der Waals surface area contributed by atoms with Crippen LogP contribution in [0.15, 0.2) is 54.6 Å². The van der Waals surface area contributed by atoms with E-state index in [0.717, 1.165) is 11.1 Å². The zero-order chi connectivity index (χ0) is 20.1. The Morgan fingerprint density at radius 2 is 1.64 bits per heavy atom. The van der Waals surface area contributed by atoms with Gasteiger partial charge in [-0.2, -0.15) is 5.26 Å². The van der Waals surface area contributed by atoms with Gasteiger partial charge in [0.25, 0.3) is 5.91 Å². The highest BCUT2D eigenvalue weighted by atomic mass is 16.2. The SMILES string of the molecule is CC(C)C[C@H](NC(=O)c1ccc(-c2ccccc2)cc1)C(=O)NC1(C#N)CC1. The number of hydrogen-bond donors (Lipinski definition) is 2. The lowest BCUT2D eigenvalue weighted by atomic mass is 10.0. The minimum atomic E-state index is -0.742. The predicted molar refractivity (Wildman–Crippen MR) is 108 cm³/mol. The molecule has 0 bridgehead atoms. The highest BCUT2D eigenvalue weighted by Gasteiger charge is 2.45. The fraction of sp³-hybridized carbons (Fsp3) is 0.348. The van der Waals surface area contributed by atoms with Crippen LogP contribution < -0.4 is 10.6 Å². The summed E-state index contributed by atoms with van der Waals surface area (Å²) in [6.45, 7) is 4.00. The van der Waals surface area contributed by atoms with Crippen LogP contribution in [0.2, 0.25) is 0 Å². The molecule has 0 heterocycles. The van der Waals surface area contributed by atoms with E-state index >= 15 is 0 Å². The number of rotatable bonds is 7. The van der Waals surface area contributed by atoms with E-state index in [1.165, 1.54) is 0 Å². The molecule has 1 atom stereocenters. The van der Waals surface area contributed by atoms with E-state index in [2.05, 4.69) is 16.7 Å². The average Bonchev–Trinajstić information content (AvgIpc) is 3.48. The number of nitrogens with one attached hydrogen (secondary N) is 2. The molecule has 144 valence electrons. The van der Waals surface area contributed by atoms with E-state index in [-0.39, 0.29) is 17.7 Å². The Labute approximate surface area is 165 Å². The van der Waals surface area contributed by atoms with E-state index < -0.39 is 11.6 Å². The first-order valence-electron chi connectivity index (χ1n) is 9.62. The zero-order valence-electron chi connectivity index (χ0n) is 16.2. The van der Waals surface area contributed by atoms with Gasteiger partial charge < -0.3 is 10.6 Å².